The minimum Gasteiger partial charge on any atom is -0.462 e. The second kappa shape index (κ2) is 55.7. The lowest BCUT2D eigenvalue weighted by Crippen LogP contribution is -2.30. The van der Waals surface area contributed by atoms with Gasteiger partial charge in [-0.3, -0.25) is 14.4 Å². The van der Waals surface area contributed by atoms with Crippen molar-refractivity contribution in [1.29, 1.82) is 0 Å². The minimum absolute atomic E-state index is 0.0832. The van der Waals surface area contributed by atoms with Crippen molar-refractivity contribution in [3.63, 3.8) is 0 Å². The first-order valence-corrected chi connectivity index (χ1v) is 28.8. The van der Waals surface area contributed by atoms with Crippen LogP contribution in [0.15, 0.2) is 60.8 Å². The molecule has 0 N–H and O–H groups in total. The number of carbonyl (C=O) groups is 3. The molecule has 0 aromatic carbocycles. The van der Waals surface area contributed by atoms with Crippen molar-refractivity contribution in [3.8, 4) is 0 Å². The molecule has 6 heteroatoms. The van der Waals surface area contributed by atoms with Crippen molar-refractivity contribution in [2.45, 2.75) is 297 Å². The van der Waals surface area contributed by atoms with Crippen LogP contribution < -0.4 is 0 Å². The molecule has 388 valence electrons. The van der Waals surface area contributed by atoms with E-state index in [1.807, 2.05) is 0 Å². The van der Waals surface area contributed by atoms with E-state index >= 15 is 0 Å². The zero-order valence-electron chi connectivity index (χ0n) is 44.4. The van der Waals surface area contributed by atoms with Gasteiger partial charge in [0.15, 0.2) is 6.10 Å². The van der Waals surface area contributed by atoms with E-state index in [0.29, 0.717) is 19.3 Å². The minimum atomic E-state index is -0.787. The Balaban J connectivity index is 4.37. The molecule has 0 radical (unpaired) electrons. The van der Waals surface area contributed by atoms with Gasteiger partial charge in [0.1, 0.15) is 13.2 Å². The summed E-state index contributed by atoms with van der Waals surface area (Å²) in [5, 5.41) is 0. The lowest BCUT2D eigenvalue weighted by atomic mass is 10.0. The maximum atomic E-state index is 12.8. The monoisotopic (exact) mass is 937 g/mol. The second-order valence-electron chi connectivity index (χ2n) is 19.2. The highest BCUT2D eigenvalue weighted by molar-refractivity contribution is 5.71. The molecule has 6 nitrogen and oxygen atoms in total. The molecule has 0 spiro atoms. The standard InChI is InChI=1S/C61H108O6/c1-4-7-10-13-16-19-22-25-28-29-30-31-34-36-39-42-45-48-51-54-60(63)66-57-58(67-61(64)55-52-49-46-43-40-37-33-27-24-21-18-15-12-9-6-3)56-65-59(62)53-50-47-44-41-38-35-32-26-23-20-17-14-11-8-5-2/h8,11,17-18,20-21,26-27,32-33,58H,4-7,9-10,12-16,19,22-25,28-31,34-57H2,1-3H3/b11-8-,20-17-,21-18-,32-26-,33-27-/t58-/m1/s1. The van der Waals surface area contributed by atoms with Gasteiger partial charge in [-0.1, -0.05) is 248 Å². The molecule has 0 fully saturated rings. The second-order valence-corrected chi connectivity index (χ2v) is 19.2. The van der Waals surface area contributed by atoms with Crippen LogP contribution in [0, 0.1) is 0 Å². The molecule has 0 aliphatic rings. The summed E-state index contributed by atoms with van der Waals surface area (Å²) < 4.78 is 16.9. The van der Waals surface area contributed by atoms with E-state index in [1.54, 1.807) is 0 Å². The quantitative estimate of drug-likeness (QED) is 0.0262. The Morgan fingerprint density at radius 3 is 0.940 bits per heavy atom. The Bertz CT molecular complexity index is 1210. The SMILES string of the molecule is CC/C=C\C/C=C\C/C=C\CCCCCCCC(=O)OC[C@H](COC(=O)CCCCCCCCCCCCCCCCCCCCC)OC(=O)CCCCCCC/C=C\C/C=C\CCCCC. The Kier molecular flexibility index (Phi) is 53.3. The van der Waals surface area contributed by atoms with Crippen molar-refractivity contribution in [1.82, 2.24) is 0 Å². The molecular weight excluding hydrogens is 829 g/mol. The largest absolute Gasteiger partial charge is 0.462 e. The number of esters is 3. The smallest absolute Gasteiger partial charge is 0.306 e. The van der Waals surface area contributed by atoms with Crippen molar-refractivity contribution >= 4 is 17.9 Å². The molecular formula is C61H108O6. The number of hydrogen-bond donors (Lipinski definition) is 0. The number of carbonyl (C=O) groups excluding carboxylic acids is 3. The third kappa shape index (κ3) is 53.9. The van der Waals surface area contributed by atoms with Crippen LogP contribution in [-0.2, 0) is 28.6 Å². The van der Waals surface area contributed by atoms with Gasteiger partial charge in [0.05, 0.1) is 0 Å². The summed E-state index contributed by atoms with van der Waals surface area (Å²) in [4.78, 5) is 38.1. The molecule has 0 aromatic heterocycles. The van der Waals surface area contributed by atoms with Gasteiger partial charge in [-0.25, -0.2) is 0 Å². The number of hydrogen-bond acceptors (Lipinski definition) is 6. The summed E-state index contributed by atoms with van der Waals surface area (Å²) in [6.45, 7) is 6.51. The highest BCUT2D eigenvalue weighted by atomic mass is 16.6. The third-order valence-electron chi connectivity index (χ3n) is 12.5. The summed E-state index contributed by atoms with van der Waals surface area (Å²) in [6, 6.07) is 0. The lowest BCUT2D eigenvalue weighted by Gasteiger charge is -2.18. The van der Waals surface area contributed by atoms with Gasteiger partial charge in [-0.15, -0.1) is 0 Å². The van der Waals surface area contributed by atoms with E-state index < -0.39 is 6.10 Å². The van der Waals surface area contributed by atoms with Crippen LogP contribution in [0.3, 0.4) is 0 Å². The Morgan fingerprint density at radius 2 is 0.582 bits per heavy atom. The molecule has 0 aliphatic heterocycles. The summed E-state index contributed by atoms with van der Waals surface area (Å²) in [5.74, 6) is -0.903. The zero-order valence-corrected chi connectivity index (χ0v) is 44.4. The van der Waals surface area contributed by atoms with Crippen molar-refractivity contribution in [2.75, 3.05) is 13.2 Å². The molecule has 0 aliphatic carbocycles. The van der Waals surface area contributed by atoms with Crippen LogP contribution in [0.4, 0.5) is 0 Å². The van der Waals surface area contributed by atoms with E-state index in [1.165, 1.54) is 128 Å². The van der Waals surface area contributed by atoms with Crippen LogP contribution in [0.1, 0.15) is 290 Å². The summed E-state index contributed by atoms with van der Waals surface area (Å²) >= 11 is 0. The predicted molar refractivity (Wildman–Crippen MR) is 288 cm³/mol. The maximum Gasteiger partial charge on any atom is 0.306 e. The number of ether oxygens (including phenoxy) is 3. The highest BCUT2D eigenvalue weighted by Crippen LogP contribution is 2.16. The van der Waals surface area contributed by atoms with Crippen molar-refractivity contribution in [2.24, 2.45) is 0 Å². The predicted octanol–water partition coefficient (Wildman–Crippen LogP) is 19.2. The topological polar surface area (TPSA) is 78.9 Å². The molecule has 0 aromatic rings. The van der Waals surface area contributed by atoms with E-state index in [-0.39, 0.29) is 31.1 Å². The third-order valence-corrected chi connectivity index (χ3v) is 12.5. The molecule has 0 bridgehead atoms. The van der Waals surface area contributed by atoms with E-state index in [4.69, 9.17) is 14.2 Å². The van der Waals surface area contributed by atoms with Gasteiger partial charge < -0.3 is 14.2 Å². The number of rotatable bonds is 52. The first kappa shape index (κ1) is 64.1. The Morgan fingerprint density at radius 1 is 0.313 bits per heavy atom. The molecule has 0 saturated heterocycles. The Labute approximate surface area is 415 Å². The van der Waals surface area contributed by atoms with Gasteiger partial charge in [0.25, 0.3) is 0 Å². The van der Waals surface area contributed by atoms with Gasteiger partial charge in [0.2, 0.25) is 0 Å². The summed E-state index contributed by atoms with van der Waals surface area (Å²) in [7, 11) is 0. The summed E-state index contributed by atoms with van der Waals surface area (Å²) in [6.07, 6.45) is 69.2. The van der Waals surface area contributed by atoms with E-state index in [2.05, 4.69) is 81.5 Å². The van der Waals surface area contributed by atoms with Gasteiger partial charge >= 0.3 is 17.9 Å². The molecule has 0 unspecified atom stereocenters. The zero-order chi connectivity index (χ0) is 48.6. The van der Waals surface area contributed by atoms with Crippen LogP contribution in [0.5, 0.6) is 0 Å². The molecule has 0 heterocycles. The van der Waals surface area contributed by atoms with E-state index in [0.717, 1.165) is 122 Å². The fourth-order valence-electron chi connectivity index (χ4n) is 8.19. The average Bonchev–Trinajstić information content (AvgIpc) is 3.33. The van der Waals surface area contributed by atoms with E-state index in [9.17, 15) is 14.4 Å². The molecule has 67 heavy (non-hydrogen) atoms. The fraction of sp³-hybridized carbons (Fsp3) is 0.787. The fourth-order valence-corrected chi connectivity index (χ4v) is 8.19. The van der Waals surface area contributed by atoms with Crippen LogP contribution in [0.25, 0.3) is 0 Å². The van der Waals surface area contributed by atoms with Gasteiger partial charge in [-0.2, -0.15) is 0 Å². The first-order chi connectivity index (χ1) is 33.0. The lowest BCUT2D eigenvalue weighted by molar-refractivity contribution is -0.167. The maximum absolute atomic E-state index is 12.8. The van der Waals surface area contributed by atoms with Crippen molar-refractivity contribution in [3.05, 3.63) is 60.8 Å². The highest BCUT2D eigenvalue weighted by Gasteiger charge is 2.19. The first-order valence-electron chi connectivity index (χ1n) is 28.8. The van der Waals surface area contributed by atoms with Crippen LogP contribution in [-0.4, -0.2) is 37.2 Å². The van der Waals surface area contributed by atoms with Crippen molar-refractivity contribution < 1.29 is 28.6 Å². The summed E-state index contributed by atoms with van der Waals surface area (Å²) in [5.41, 5.74) is 0. The van der Waals surface area contributed by atoms with Gasteiger partial charge in [-0.05, 0) is 83.5 Å². The average molecular weight is 938 g/mol. The van der Waals surface area contributed by atoms with Crippen LogP contribution >= 0.6 is 0 Å². The van der Waals surface area contributed by atoms with Gasteiger partial charge in [0, 0.05) is 19.3 Å². The number of allylic oxidation sites excluding steroid dienone is 10. The molecule has 0 amide bonds. The molecule has 0 rings (SSSR count). The Hall–Kier alpha value is -2.89. The normalized spacial score (nSPS) is 12.5. The molecule has 0 saturated carbocycles. The number of unbranched alkanes of at least 4 members (excludes halogenated alkanes) is 31. The van der Waals surface area contributed by atoms with Crippen LogP contribution in [0.2, 0.25) is 0 Å². The molecule has 1 atom stereocenters.